The van der Waals surface area contributed by atoms with Gasteiger partial charge in [-0.3, -0.25) is 0 Å². The fraction of sp³-hybridized carbons (Fsp3) is 0.111. The molecule has 0 amide bonds. The number of aromatic amines is 1. The largest absolute Gasteiger partial charge is 0.478 e. The van der Waals surface area contributed by atoms with Crippen molar-refractivity contribution in [2.45, 2.75) is 10.9 Å². The molecule has 0 spiro atoms. The van der Waals surface area contributed by atoms with Crippen LogP contribution in [-0.4, -0.2) is 31.7 Å². The summed E-state index contributed by atoms with van der Waals surface area (Å²) in [7, 11) is 0. The quantitative estimate of drug-likeness (QED) is 0.775. The predicted octanol–water partition coefficient (Wildman–Crippen LogP) is 1.19. The predicted molar refractivity (Wildman–Crippen MR) is 57.1 cm³/mol. The molecule has 2 aromatic rings. The van der Waals surface area contributed by atoms with Crippen LogP contribution in [0.15, 0.2) is 29.4 Å². The van der Waals surface area contributed by atoms with Crippen LogP contribution in [0.3, 0.4) is 0 Å². The molecule has 0 saturated heterocycles. The average Bonchev–Trinajstić information content (AvgIpc) is 2.80. The number of carbonyl (C=O) groups is 1. The van der Waals surface area contributed by atoms with Crippen molar-refractivity contribution in [3.63, 3.8) is 0 Å². The molecule has 82 valence electrons. The van der Waals surface area contributed by atoms with Gasteiger partial charge in [-0.25, -0.2) is 4.79 Å². The summed E-state index contributed by atoms with van der Waals surface area (Å²) in [4.78, 5) is 10.6. The van der Waals surface area contributed by atoms with Crippen LogP contribution < -0.4 is 0 Å². The van der Waals surface area contributed by atoms with Crippen LogP contribution in [0.4, 0.5) is 0 Å². The molecule has 0 saturated carbocycles. The second kappa shape index (κ2) is 4.75. The van der Waals surface area contributed by atoms with Gasteiger partial charge in [-0.15, -0.1) is 10.2 Å². The second-order valence-corrected chi connectivity index (χ2v) is 3.93. The number of aromatic carboxylic acids is 1. The van der Waals surface area contributed by atoms with Gasteiger partial charge in [-0.05, 0) is 22.9 Å². The van der Waals surface area contributed by atoms with Crippen LogP contribution in [0.5, 0.6) is 0 Å². The molecule has 6 nitrogen and oxygen atoms in total. The lowest BCUT2D eigenvalue weighted by Gasteiger charge is -1.99. The lowest BCUT2D eigenvalue weighted by molar-refractivity contribution is 0.0697. The van der Waals surface area contributed by atoms with E-state index < -0.39 is 5.97 Å². The highest BCUT2D eigenvalue weighted by Crippen LogP contribution is 2.17. The van der Waals surface area contributed by atoms with Gasteiger partial charge in [0.2, 0.25) is 5.16 Å². The van der Waals surface area contributed by atoms with Gasteiger partial charge in [0.15, 0.2) is 0 Å². The van der Waals surface area contributed by atoms with E-state index in [9.17, 15) is 4.79 Å². The highest BCUT2D eigenvalue weighted by Gasteiger charge is 2.03. The molecular formula is C9H8N4O2S. The van der Waals surface area contributed by atoms with E-state index >= 15 is 0 Å². The fourth-order valence-electron chi connectivity index (χ4n) is 1.11. The number of nitrogens with zero attached hydrogens (tertiary/aromatic N) is 3. The third-order valence-electron chi connectivity index (χ3n) is 1.89. The van der Waals surface area contributed by atoms with Crippen molar-refractivity contribution in [1.82, 2.24) is 20.6 Å². The summed E-state index contributed by atoms with van der Waals surface area (Å²) in [6.45, 7) is 0. The minimum absolute atomic E-state index is 0.285. The smallest absolute Gasteiger partial charge is 0.335 e. The van der Waals surface area contributed by atoms with E-state index in [4.69, 9.17) is 5.11 Å². The Morgan fingerprint density at radius 3 is 2.69 bits per heavy atom. The average molecular weight is 236 g/mol. The number of benzene rings is 1. The van der Waals surface area contributed by atoms with Crippen molar-refractivity contribution in [2.24, 2.45) is 0 Å². The zero-order valence-corrected chi connectivity index (χ0v) is 8.94. The summed E-state index contributed by atoms with van der Waals surface area (Å²) in [6, 6.07) is 6.70. The summed E-state index contributed by atoms with van der Waals surface area (Å²) in [5.41, 5.74) is 1.30. The van der Waals surface area contributed by atoms with Crippen LogP contribution in [0, 0.1) is 0 Å². The molecule has 0 radical (unpaired) electrons. The monoisotopic (exact) mass is 236 g/mol. The molecule has 0 atom stereocenters. The Morgan fingerprint density at radius 1 is 1.38 bits per heavy atom. The molecule has 0 aliphatic carbocycles. The molecule has 2 rings (SSSR count). The van der Waals surface area contributed by atoms with Crippen LogP contribution in [0.25, 0.3) is 0 Å². The summed E-state index contributed by atoms with van der Waals surface area (Å²) < 4.78 is 0. The number of hydrogen-bond acceptors (Lipinski definition) is 5. The van der Waals surface area contributed by atoms with Crippen LogP contribution in [-0.2, 0) is 5.75 Å². The molecular weight excluding hydrogens is 228 g/mol. The van der Waals surface area contributed by atoms with Gasteiger partial charge in [0.05, 0.1) is 5.56 Å². The van der Waals surface area contributed by atoms with E-state index in [1.807, 2.05) is 0 Å². The Kier molecular flexibility index (Phi) is 3.16. The van der Waals surface area contributed by atoms with E-state index in [1.54, 1.807) is 24.3 Å². The first-order chi connectivity index (χ1) is 7.75. The van der Waals surface area contributed by atoms with E-state index in [-0.39, 0.29) is 5.56 Å². The zero-order chi connectivity index (χ0) is 11.4. The summed E-state index contributed by atoms with van der Waals surface area (Å²) in [5, 5.41) is 22.7. The number of H-pyrrole nitrogens is 1. The van der Waals surface area contributed by atoms with Gasteiger partial charge < -0.3 is 5.11 Å². The molecule has 7 heteroatoms. The van der Waals surface area contributed by atoms with Crippen molar-refractivity contribution >= 4 is 17.7 Å². The van der Waals surface area contributed by atoms with Crippen molar-refractivity contribution in [3.05, 3.63) is 35.4 Å². The minimum Gasteiger partial charge on any atom is -0.478 e. The zero-order valence-electron chi connectivity index (χ0n) is 8.12. The van der Waals surface area contributed by atoms with E-state index in [1.165, 1.54) is 11.8 Å². The molecule has 0 unspecified atom stereocenters. The van der Waals surface area contributed by atoms with Gasteiger partial charge in [0.1, 0.15) is 0 Å². The third kappa shape index (κ3) is 2.57. The highest BCUT2D eigenvalue weighted by atomic mass is 32.2. The molecule has 1 heterocycles. The van der Waals surface area contributed by atoms with Gasteiger partial charge in [-0.2, -0.15) is 5.21 Å². The lowest BCUT2D eigenvalue weighted by Crippen LogP contribution is -1.95. The number of carboxylic acid groups (broad SMARTS) is 1. The normalized spacial score (nSPS) is 10.2. The van der Waals surface area contributed by atoms with Crippen LogP contribution >= 0.6 is 11.8 Å². The topological polar surface area (TPSA) is 91.8 Å². The first-order valence-electron chi connectivity index (χ1n) is 4.44. The molecule has 0 fully saturated rings. The number of hydrogen-bond donors (Lipinski definition) is 2. The Labute approximate surface area is 95.1 Å². The Morgan fingerprint density at radius 2 is 2.12 bits per heavy atom. The van der Waals surface area contributed by atoms with Crippen LogP contribution in [0.2, 0.25) is 0 Å². The number of thioether (sulfide) groups is 1. The maximum atomic E-state index is 10.6. The van der Waals surface area contributed by atoms with Gasteiger partial charge in [0, 0.05) is 5.75 Å². The standard InChI is InChI=1S/C9H8N4O2S/c14-8(15)7-3-1-6(2-4-7)5-16-9-10-12-13-11-9/h1-4H,5H2,(H,14,15)(H,10,11,12,13). The molecule has 0 aliphatic rings. The van der Waals surface area contributed by atoms with E-state index in [2.05, 4.69) is 20.6 Å². The Hall–Kier alpha value is -1.89. The number of nitrogens with one attached hydrogen (secondary N) is 1. The molecule has 0 aliphatic heterocycles. The van der Waals surface area contributed by atoms with Gasteiger partial charge in [0.25, 0.3) is 0 Å². The van der Waals surface area contributed by atoms with Crippen molar-refractivity contribution in [3.8, 4) is 0 Å². The SMILES string of the molecule is O=C(O)c1ccc(CSc2nn[nH]n2)cc1. The number of aromatic nitrogens is 4. The fourth-order valence-corrected chi connectivity index (χ4v) is 1.80. The number of tetrazole rings is 1. The maximum Gasteiger partial charge on any atom is 0.335 e. The Balaban J connectivity index is 1.98. The first kappa shape index (κ1) is 10.6. The van der Waals surface area contributed by atoms with Gasteiger partial charge in [-0.1, -0.05) is 23.9 Å². The summed E-state index contributed by atoms with van der Waals surface area (Å²) >= 11 is 1.43. The molecule has 1 aromatic carbocycles. The molecule has 0 bridgehead atoms. The van der Waals surface area contributed by atoms with Gasteiger partial charge >= 0.3 is 5.97 Å². The molecule has 16 heavy (non-hydrogen) atoms. The Bertz CT molecular complexity index is 469. The van der Waals surface area contributed by atoms with Crippen LogP contribution in [0.1, 0.15) is 15.9 Å². The minimum atomic E-state index is -0.919. The van der Waals surface area contributed by atoms with E-state index in [0.29, 0.717) is 10.9 Å². The van der Waals surface area contributed by atoms with Crippen molar-refractivity contribution in [2.75, 3.05) is 0 Å². The van der Waals surface area contributed by atoms with E-state index in [0.717, 1.165) is 5.56 Å². The summed E-state index contributed by atoms with van der Waals surface area (Å²) in [6.07, 6.45) is 0. The van der Waals surface area contributed by atoms with Crippen molar-refractivity contribution < 1.29 is 9.90 Å². The molecule has 1 aromatic heterocycles. The summed E-state index contributed by atoms with van der Waals surface area (Å²) in [5.74, 6) is -0.239. The molecule has 2 N–H and O–H groups in total. The number of rotatable bonds is 4. The lowest BCUT2D eigenvalue weighted by atomic mass is 10.1. The first-order valence-corrected chi connectivity index (χ1v) is 5.43. The van der Waals surface area contributed by atoms with Crippen molar-refractivity contribution in [1.29, 1.82) is 0 Å². The second-order valence-electron chi connectivity index (χ2n) is 2.99. The maximum absolute atomic E-state index is 10.6. The third-order valence-corrected chi connectivity index (χ3v) is 2.80. The highest BCUT2D eigenvalue weighted by molar-refractivity contribution is 7.98. The number of carboxylic acids is 1.